The second-order valence-corrected chi connectivity index (χ2v) is 12.6. The molecule has 0 spiro atoms. The molecule has 0 radical (unpaired) electrons. The average molecular weight is 543 g/mol. The second kappa shape index (κ2) is 19.1. The third-order valence-electron chi connectivity index (χ3n) is 9.20. The minimum Gasteiger partial charge on any atom is -0.394 e. The highest BCUT2D eigenvalue weighted by Crippen LogP contribution is 2.34. The lowest BCUT2D eigenvalue weighted by Crippen LogP contribution is -2.38. The van der Waals surface area contributed by atoms with E-state index in [0.29, 0.717) is 36.4 Å². The quantitative estimate of drug-likeness (QED) is 0.188. The van der Waals surface area contributed by atoms with Crippen LogP contribution in [0.15, 0.2) is 0 Å². The summed E-state index contributed by atoms with van der Waals surface area (Å²) in [5.41, 5.74) is 0. The Balaban J connectivity index is 1.48. The van der Waals surface area contributed by atoms with Crippen LogP contribution in [0.2, 0.25) is 0 Å². The maximum absolute atomic E-state index is 9.74. The van der Waals surface area contributed by atoms with Crippen LogP contribution < -0.4 is 10.6 Å². The van der Waals surface area contributed by atoms with Crippen LogP contribution in [-0.4, -0.2) is 61.3 Å². The molecule has 4 N–H and O–H groups in total. The van der Waals surface area contributed by atoms with E-state index in [1.807, 2.05) is 0 Å². The van der Waals surface area contributed by atoms with E-state index in [0.717, 1.165) is 50.6 Å². The summed E-state index contributed by atoms with van der Waals surface area (Å²) in [5.74, 6) is 17.1. The van der Waals surface area contributed by atoms with Crippen LogP contribution in [0.25, 0.3) is 0 Å². The number of hydrogen-bond donors (Lipinski definition) is 4. The normalized spacial score (nSPS) is 31.9. The number of aliphatic hydroxyl groups excluding tert-OH is 2. The summed E-state index contributed by atoms with van der Waals surface area (Å²) in [6.07, 6.45) is 18.0. The number of piperidine rings is 2. The molecule has 0 bridgehead atoms. The van der Waals surface area contributed by atoms with E-state index in [9.17, 15) is 5.11 Å². The first-order valence-electron chi connectivity index (χ1n) is 16.5. The van der Waals surface area contributed by atoms with Gasteiger partial charge in [0.25, 0.3) is 0 Å². The molecule has 1 aliphatic carbocycles. The molecule has 3 rings (SSSR count). The maximum Gasteiger partial charge on any atom is 0.100 e. The van der Waals surface area contributed by atoms with Crippen LogP contribution in [0.4, 0.5) is 0 Å². The number of unbranched alkanes of at least 4 members (excludes halogenated alkanes) is 4. The molecule has 8 atom stereocenters. The van der Waals surface area contributed by atoms with Gasteiger partial charge in [-0.2, -0.15) is 0 Å². The Morgan fingerprint density at radius 3 is 1.92 bits per heavy atom. The zero-order valence-corrected chi connectivity index (χ0v) is 25.1. The molecule has 0 aromatic carbocycles. The van der Waals surface area contributed by atoms with Gasteiger partial charge in [0.15, 0.2) is 0 Å². The van der Waals surface area contributed by atoms with Crippen LogP contribution in [-0.2, 0) is 4.74 Å². The first-order chi connectivity index (χ1) is 19.1. The van der Waals surface area contributed by atoms with Gasteiger partial charge in [0, 0.05) is 11.8 Å². The molecule has 2 heterocycles. The maximum atomic E-state index is 9.74. The standard InChI is InChI=1S/C34H58N2O3/c1-3-5-7-9-28-13-18-32(35-22-28)17-12-27-11-15-30(31(21-27)25-39-26-34(38)24-37)16-20-33-19-14-29(23-36-33)10-8-6-4-2/h27-38H,3-11,13-15,18-19,21-26H2,1-2H3. The Labute approximate surface area is 240 Å². The van der Waals surface area contributed by atoms with E-state index in [4.69, 9.17) is 9.84 Å². The summed E-state index contributed by atoms with van der Waals surface area (Å²) in [6.45, 7) is 7.26. The third kappa shape index (κ3) is 12.5. The molecule has 5 nitrogen and oxygen atoms in total. The van der Waals surface area contributed by atoms with Crippen molar-refractivity contribution in [3.05, 3.63) is 0 Å². The van der Waals surface area contributed by atoms with E-state index in [1.165, 1.54) is 70.6 Å². The number of ether oxygens (including phenoxy) is 1. The number of hydrogen-bond acceptors (Lipinski definition) is 5. The van der Waals surface area contributed by atoms with Crippen molar-refractivity contribution in [3.63, 3.8) is 0 Å². The summed E-state index contributed by atoms with van der Waals surface area (Å²) >= 11 is 0. The van der Waals surface area contributed by atoms with E-state index < -0.39 is 6.10 Å². The van der Waals surface area contributed by atoms with Gasteiger partial charge in [0.1, 0.15) is 6.10 Å². The van der Waals surface area contributed by atoms with Crippen molar-refractivity contribution in [2.24, 2.45) is 29.6 Å². The van der Waals surface area contributed by atoms with Crippen LogP contribution in [0.3, 0.4) is 0 Å². The fourth-order valence-corrected chi connectivity index (χ4v) is 6.54. The predicted molar refractivity (Wildman–Crippen MR) is 161 cm³/mol. The lowest BCUT2D eigenvalue weighted by atomic mass is 9.74. The first-order valence-corrected chi connectivity index (χ1v) is 16.5. The summed E-state index contributed by atoms with van der Waals surface area (Å²) in [4.78, 5) is 0. The Morgan fingerprint density at radius 1 is 0.769 bits per heavy atom. The molecule has 0 aromatic heterocycles. The van der Waals surface area contributed by atoms with Crippen molar-refractivity contribution in [2.75, 3.05) is 32.9 Å². The van der Waals surface area contributed by atoms with Gasteiger partial charge >= 0.3 is 0 Å². The highest BCUT2D eigenvalue weighted by molar-refractivity contribution is 5.17. The molecule has 222 valence electrons. The molecular weight excluding hydrogens is 484 g/mol. The van der Waals surface area contributed by atoms with Crippen LogP contribution in [0, 0.1) is 53.3 Å². The highest BCUT2D eigenvalue weighted by Gasteiger charge is 2.30. The predicted octanol–water partition coefficient (Wildman–Crippen LogP) is 5.29. The number of rotatable bonds is 13. The van der Waals surface area contributed by atoms with Crippen LogP contribution in [0.1, 0.15) is 110 Å². The van der Waals surface area contributed by atoms with Crippen molar-refractivity contribution in [1.82, 2.24) is 10.6 Å². The SMILES string of the molecule is CCCCCC1CCC(C#CC2CCC(C#CC3CCC(CCCCC)CN3)C(COCC(O)CO)C2)NC1. The van der Waals surface area contributed by atoms with E-state index in [-0.39, 0.29) is 13.2 Å². The van der Waals surface area contributed by atoms with Gasteiger partial charge in [0.05, 0.1) is 31.9 Å². The fourth-order valence-electron chi connectivity index (χ4n) is 6.54. The smallest absolute Gasteiger partial charge is 0.100 e. The van der Waals surface area contributed by atoms with Gasteiger partial charge in [-0.1, -0.05) is 76.1 Å². The van der Waals surface area contributed by atoms with Crippen molar-refractivity contribution in [1.29, 1.82) is 0 Å². The molecule has 0 aromatic rings. The van der Waals surface area contributed by atoms with Crippen molar-refractivity contribution in [3.8, 4) is 23.7 Å². The zero-order chi connectivity index (χ0) is 27.7. The Kier molecular flexibility index (Phi) is 15.9. The Bertz CT molecular complexity index is 765. The summed E-state index contributed by atoms with van der Waals surface area (Å²) in [5, 5.41) is 26.3. The van der Waals surface area contributed by atoms with Gasteiger partial charge in [-0.15, -0.1) is 0 Å². The largest absolute Gasteiger partial charge is 0.394 e. The van der Waals surface area contributed by atoms with E-state index in [2.05, 4.69) is 48.2 Å². The third-order valence-corrected chi connectivity index (χ3v) is 9.20. The van der Waals surface area contributed by atoms with Crippen molar-refractivity contribution in [2.45, 2.75) is 128 Å². The lowest BCUT2D eigenvalue weighted by Gasteiger charge is -2.32. The molecule has 2 aliphatic heterocycles. The molecule has 1 saturated carbocycles. The Morgan fingerprint density at radius 2 is 1.38 bits per heavy atom. The summed E-state index contributed by atoms with van der Waals surface area (Å²) in [6, 6.07) is 0.647. The Hall–Kier alpha value is -1.08. The van der Waals surface area contributed by atoms with Gasteiger partial charge in [-0.05, 0) is 88.6 Å². The van der Waals surface area contributed by atoms with Gasteiger partial charge < -0.3 is 25.6 Å². The van der Waals surface area contributed by atoms with E-state index >= 15 is 0 Å². The molecular formula is C34H58N2O3. The molecule has 5 heteroatoms. The number of aliphatic hydroxyl groups is 2. The van der Waals surface area contributed by atoms with Crippen molar-refractivity contribution < 1.29 is 14.9 Å². The first kappa shape index (κ1) is 32.4. The molecule has 39 heavy (non-hydrogen) atoms. The van der Waals surface area contributed by atoms with Gasteiger partial charge in [-0.3, -0.25) is 0 Å². The highest BCUT2D eigenvalue weighted by atomic mass is 16.5. The topological polar surface area (TPSA) is 73.8 Å². The summed E-state index contributed by atoms with van der Waals surface area (Å²) in [7, 11) is 0. The van der Waals surface area contributed by atoms with Gasteiger partial charge in [0.2, 0.25) is 0 Å². The lowest BCUT2D eigenvalue weighted by molar-refractivity contribution is -0.0143. The molecule has 3 aliphatic rings. The monoisotopic (exact) mass is 542 g/mol. The molecule has 8 unspecified atom stereocenters. The van der Waals surface area contributed by atoms with Crippen LogP contribution in [0.5, 0.6) is 0 Å². The van der Waals surface area contributed by atoms with E-state index in [1.54, 1.807) is 0 Å². The van der Waals surface area contributed by atoms with Crippen LogP contribution >= 0.6 is 0 Å². The minimum atomic E-state index is -0.811. The van der Waals surface area contributed by atoms with Gasteiger partial charge in [-0.25, -0.2) is 0 Å². The molecule has 2 saturated heterocycles. The summed E-state index contributed by atoms with van der Waals surface area (Å²) < 4.78 is 5.85. The fraction of sp³-hybridized carbons (Fsp3) is 0.882. The minimum absolute atomic E-state index is 0.179. The second-order valence-electron chi connectivity index (χ2n) is 12.6. The molecule has 3 fully saturated rings. The van der Waals surface area contributed by atoms with Crippen molar-refractivity contribution >= 4 is 0 Å². The zero-order valence-electron chi connectivity index (χ0n) is 25.1. The molecule has 0 amide bonds. The number of nitrogens with one attached hydrogen (secondary N) is 2. The average Bonchev–Trinajstić information content (AvgIpc) is 2.97.